The molecule has 3 fully saturated rings. The zero-order valence-corrected chi connectivity index (χ0v) is 24.7. The van der Waals surface area contributed by atoms with E-state index < -0.39 is 21.1 Å². The van der Waals surface area contributed by atoms with Crippen molar-refractivity contribution >= 4 is 32.7 Å². The van der Waals surface area contributed by atoms with Crippen LogP contribution in [0.25, 0.3) is 0 Å². The van der Waals surface area contributed by atoms with E-state index in [0.717, 1.165) is 44.9 Å². The molecule has 0 aromatic carbocycles. The van der Waals surface area contributed by atoms with Crippen molar-refractivity contribution in [3.63, 3.8) is 0 Å². The Morgan fingerprint density at radius 1 is 1.13 bits per heavy atom. The van der Waals surface area contributed by atoms with Crippen LogP contribution in [0.5, 0.6) is 0 Å². The van der Waals surface area contributed by atoms with Crippen LogP contribution in [-0.2, 0) is 34.7 Å². The van der Waals surface area contributed by atoms with Crippen molar-refractivity contribution in [3.8, 4) is 0 Å². The molecule has 2 aliphatic carbocycles. The predicted octanol–water partition coefficient (Wildman–Crippen LogP) is 3.60. The van der Waals surface area contributed by atoms with Crippen LogP contribution in [0.3, 0.4) is 0 Å². The molecule has 1 saturated heterocycles. The summed E-state index contributed by atoms with van der Waals surface area (Å²) < 4.78 is 27.0. The maximum Gasteiger partial charge on any atom is 0.694 e. The number of carbonyl (C=O) groups excluding carboxylic acids is 1. The number of aliphatic hydroxyl groups excluding tert-OH is 1. The van der Waals surface area contributed by atoms with E-state index >= 15 is 0 Å². The van der Waals surface area contributed by atoms with Crippen molar-refractivity contribution in [1.82, 2.24) is 10.3 Å². The van der Waals surface area contributed by atoms with Crippen LogP contribution >= 0.6 is 15.0 Å². The van der Waals surface area contributed by atoms with Crippen molar-refractivity contribution in [3.05, 3.63) is 0 Å². The first-order valence-corrected chi connectivity index (χ1v) is 17.3. The lowest BCUT2D eigenvalue weighted by Crippen LogP contribution is -2.38. The fourth-order valence-electron chi connectivity index (χ4n) is 5.82. The fourth-order valence-corrected chi connectivity index (χ4v) is 7.45. The predicted molar refractivity (Wildman–Crippen MR) is 145 cm³/mol. The van der Waals surface area contributed by atoms with Gasteiger partial charge in [-0.25, -0.2) is 0 Å². The minimum Gasteiger partial charge on any atom is -0.391 e. The van der Waals surface area contributed by atoms with E-state index in [-0.39, 0.29) is 31.2 Å². The number of aliphatic hydroxyl groups is 1. The Kier molecular flexibility index (Phi) is 13.4. The Morgan fingerprint density at radius 2 is 1.87 bits per heavy atom. The molecule has 0 aromatic heterocycles. The molecule has 1 amide bonds. The molecule has 0 aromatic rings. The van der Waals surface area contributed by atoms with Gasteiger partial charge in [-0.15, -0.1) is 9.42 Å². The summed E-state index contributed by atoms with van der Waals surface area (Å²) in [6.45, 7) is -2.28. The molecule has 1 aliphatic heterocycles. The Labute approximate surface area is 231 Å². The number of carbonyl (C=O) groups is 1. The number of β-amino-alcohol motifs (C(OH)–C–C–N with tert-alkyl or cyclic N) is 1. The minimum atomic E-state index is -3.43. The molecule has 12 nitrogen and oxygen atoms in total. The molecule has 218 valence electrons. The zero-order chi connectivity index (χ0) is 27.5. The van der Waals surface area contributed by atoms with Gasteiger partial charge in [0.05, 0.1) is 32.4 Å². The Balaban J connectivity index is 1.26. The van der Waals surface area contributed by atoms with Crippen LogP contribution < -0.4 is 5.43 Å². The van der Waals surface area contributed by atoms with Crippen LogP contribution in [0.4, 0.5) is 0 Å². The number of likely N-dealkylation sites (tertiary alicyclic amines) is 1. The largest absolute Gasteiger partial charge is 0.694 e. The van der Waals surface area contributed by atoms with E-state index in [1.165, 1.54) is 6.42 Å². The highest BCUT2D eigenvalue weighted by molar-refractivity contribution is 8.07. The normalized spacial score (nSPS) is 31.4. The maximum atomic E-state index is 12.6. The summed E-state index contributed by atoms with van der Waals surface area (Å²) in [4.78, 5) is 33.6. The van der Waals surface area contributed by atoms with Gasteiger partial charge in [0.15, 0.2) is 0 Å². The van der Waals surface area contributed by atoms with Crippen LogP contribution in [0, 0.1) is 17.8 Å². The van der Waals surface area contributed by atoms with Crippen molar-refractivity contribution in [2.75, 3.05) is 33.4 Å². The smallest absolute Gasteiger partial charge is 0.391 e. The average Bonchev–Trinajstić information content (AvgIpc) is 3.43. The minimum absolute atomic E-state index is 0.0340. The molecule has 0 spiro atoms. The second kappa shape index (κ2) is 16.0. The van der Waals surface area contributed by atoms with Gasteiger partial charge in [-0.3, -0.25) is 10.2 Å². The maximum absolute atomic E-state index is 12.6. The standard InChI is InChI=1S/C23H42N4O8P2S/c1-24-26-25-9-2-3-23(29)27-15-21(28)14-20(27)16-34-37(32,38)33-10-8-19-11-18(12-19)5-4-17-6-7-22(13-17)35-36(30)31/h17-22,28H,2-16H2,1H3,(H2-,24,25,30,31,32,38)/p+1/t17?,18?,19?,20-,21?,22-,37?/m1/s1. The van der Waals surface area contributed by atoms with Crippen molar-refractivity contribution in [1.29, 1.82) is 0 Å². The third-order valence-corrected chi connectivity index (χ3v) is 9.92. The molecule has 1 heterocycles. The van der Waals surface area contributed by atoms with Crippen molar-refractivity contribution < 1.29 is 37.8 Å². The Hall–Kier alpha value is -0.620. The molecular formula is C23H43N4O8P2S+. The summed E-state index contributed by atoms with van der Waals surface area (Å²) in [6.07, 6.45) is 8.79. The molecule has 4 unspecified atom stereocenters. The highest BCUT2D eigenvalue weighted by Crippen LogP contribution is 2.46. The third kappa shape index (κ3) is 11.1. The van der Waals surface area contributed by atoms with Gasteiger partial charge in [-0.2, -0.15) is 5.11 Å². The number of nitrogens with one attached hydrogen (secondary N) is 1. The van der Waals surface area contributed by atoms with Crippen LogP contribution in [-0.4, -0.2) is 77.3 Å². The van der Waals surface area contributed by atoms with E-state index in [1.807, 2.05) is 0 Å². The number of amides is 1. The first kappa shape index (κ1) is 31.9. The lowest BCUT2D eigenvalue weighted by atomic mass is 9.71. The third-order valence-electron chi connectivity index (χ3n) is 7.82. The van der Waals surface area contributed by atoms with Gasteiger partial charge in [0.2, 0.25) is 5.91 Å². The molecular weight excluding hydrogens is 554 g/mol. The average molecular weight is 598 g/mol. The molecule has 0 bridgehead atoms. The lowest BCUT2D eigenvalue weighted by Gasteiger charge is -2.36. The van der Waals surface area contributed by atoms with Crippen LogP contribution in [0.2, 0.25) is 0 Å². The molecule has 4 N–H and O–H groups in total. The van der Waals surface area contributed by atoms with Crippen LogP contribution in [0.15, 0.2) is 10.3 Å². The fraction of sp³-hybridized carbons (Fsp3) is 0.957. The van der Waals surface area contributed by atoms with Gasteiger partial charge < -0.3 is 23.9 Å². The monoisotopic (exact) mass is 597 g/mol. The molecule has 3 rings (SSSR count). The summed E-state index contributed by atoms with van der Waals surface area (Å²) in [5, 5.41) is 17.3. The van der Waals surface area contributed by atoms with Crippen molar-refractivity contribution in [2.45, 2.75) is 88.9 Å². The second-order valence-electron chi connectivity index (χ2n) is 10.7. The van der Waals surface area contributed by atoms with E-state index in [4.69, 9.17) is 30.3 Å². The van der Waals surface area contributed by atoms with E-state index in [9.17, 15) is 19.4 Å². The van der Waals surface area contributed by atoms with E-state index in [1.54, 1.807) is 11.9 Å². The first-order valence-electron chi connectivity index (χ1n) is 13.6. The number of hydrogen-bond acceptors (Lipinski definition) is 9. The molecule has 0 radical (unpaired) electrons. The molecule has 15 heteroatoms. The van der Waals surface area contributed by atoms with Crippen LogP contribution in [0.1, 0.15) is 70.6 Å². The number of nitrogens with zero attached hydrogens (tertiary/aromatic N) is 3. The van der Waals surface area contributed by atoms with Gasteiger partial charge >= 0.3 is 15.0 Å². The number of hydrogen-bond donors (Lipinski definition) is 4. The van der Waals surface area contributed by atoms with Gasteiger partial charge in [0.25, 0.3) is 0 Å². The highest BCUT2D eigenvalue weighted by atomic mass is 32.5. The summed E-state index contributed by atoms with van der Waals surface area (Å²) >= 11 is 5.17. The molecule has 2 saturated carbocycles. The van der Waals surface area contributed by atoms with Gasteiger partial charge in [-0.05, 0) is 80.9 Å². The molecule has 38 heavy (non-hydrogen) atoms. The summed E-state index contributed by atoms with van der Waals surface area (Å²) in [7, 11) is -0.948. The highest BCUT2D eigenvalue weighted by Gasteiger charge is 2.36. The SMILES string of the molecule is CN=NNCCCC(=O)N1CC(O)C[C@@H]1COP(O)(=S)OCCC1CC(CCC2CC[C@@H](O[P+](=O)O)C2)C1. The molecule has 6 atom stereocenters. The Morgan fingerprint density at radius 3 is 2.61 bits per heavy atom. The second-order valence-corrected chi connectivity index (χ2v) is 14.2. The van der Waals surface area contributed by atoms with E-state index in [0.29, 0.717) is 50.2 Å². The van der Waals surface area contributed by atoms with E-state index in [2.05, 4.69) is 15.8 Å². The molecule has 3 aliphatic rings. The lowest BCUT2D eigenvalue weighted by molar-refractivity contribution is -0.133. The van der Waals surface area contributed by atoms with Gasteiger partial charge in [-0.1, -0.05) is 18.1 Å². The summed E-state index contributed by atoms with van der Waals surface area (Å²) in [5.74, 6) is 1.75. The number of rotatable bonds is 17. The van der Waals surface area contributed by atoms with Gasteiger partial charge in [0.1, 0.15) is 6.10 Å². The quantitative estimate of drug-likeness (QED) is 0.0844. The first-order chi connectivity index (χ1) is 18.1. The zero-order valence-electron chi connectivity index (χ0n) is 22.1. The van der Waals surface area contributed by atoms with Crippen molar-refractivity contribution in [2.24, 2.45) is 28.1 Å². The topological polar surface area (TPSA) is 163 Å². The summed E-state index contributed by atoms with van der Waals surface area (Å²) in [5.41, 5.74) is 2.74. The van der Waals surface area contributed by atoms with Gasteiger partial charge in [0, 0.05) is 24.1 Å². The summed E-state index contributed by atoms with van der Waals surface area (Å²) in [6, 6.07) is -0.348. The Bertz CT molecular complexity index is 850.